The van der Waals surface area contributed by atoms with Gasteiger partial charge in [-0.2, -0.15) is 17.6 Å². The van der Waals surface area contributed by atoms with E-state index in [1.807, 2.05) is 0 Å². The molecule has 13 heavy (non-hydrogen) atoms. The maximum absolute atomic E-state index is 12.6. The molecule has 0 fully saturated rings. The lowest BCUT2D eigenvalue weighted by molar-refractivity contribution is -0.243. The second-order valence-electron chi connectivity index (χ2n) is 2.36. The molecule has 0 saturated heterocycles. The minimum absolute atomic E-state index is 0.135. The van der Waals surface area contributed by atoms with E-state index in [9.17, 15) is 26.2 Å². The molecular formula is C4H6F5NO2S. The summed E-state index contributed by atoms with van der Waals surface area (Å²) in [5.41, 5.74) is 3.67. The molecule has 3 nitrogen and oxygen atoms in total. The molecule has 0 heterocycles. The minimum Gasteiger partial charge on any atom is -0.303 e. The summed E-state index contributed by atoms with van der Waals surface area (Å²) in [5, 5.41) is -4.30. The molecule has 0 rings (SSSR count). The van der Waals surface area contributed by atoms with Gasteiger partial charge in [0.05, 0.1) is 0 Å². The van der Waals surface area contributed by atoms with Crippen LogP contribution in [0.15, 0.2) is 0 Å². The first kappa shape index (κ1) is 12.7. The molecule has 0 aromatic heterocycles. The summed E-state index contributed by atoms with van der Waals surface area (Å²) in [6, 6.07) is -5.20. The summed E-state index contributed by atoms with van der Waals surface area (Å²) in [7, 11) is 0. The van der Waals surface area contributed by atoms with Gasteiger partial charge in [-0.15, -0.1) is 0 Å². The Kier molecular flexibility index (Phi) is 3.07. The zero-order chi connectivity index (χ0) is 11.1. The number of alkyl halides is 5. The molecule has 0 saturated carbocycles. The van der Waals surface area contributed by atoms with Gasteiger partial charge < -0.3 is 4.55 Å². The van der Waals surface area contributed by atoms with Crippen LogP contribution in [0.3, 0.4) is 0 Å². The van der Waals surface area contributed by atoms with E-state index in [1.54, 1.807) is 0 Å². The molecule has 0 bridgehead atoms. The molecule has 2 unspecified atom stereocenters. The molecule has 80 valence electrons. The van der Waals surface area contributed by atoms with Crippen LogP contribution in [0.4, 0.5) is 22.0 Å². The van der Waals surface area contributed by atoms with Crippen LogP contribution in [-0.2, 0) is 11.1 Å². The molecule has 3 N–H and O–H groups in total. The van der Waals surface area contributed by atoms with Gasteiger partial charge in [0, 0.05) is 0 Å². The summed E-state index contributed by atoms with van der Waals surface area (Å²) in [4.78, 5) is 0. The quantitative estimate of drug-likeness (QED) is 0.431. The molecule has 0 amide bonds. The van der Waals surface area contributed by atoms with E-state index in [-0.39, 0.29) is 6.92 Å². The lowest BCUT2D eigenvalue weighted by atomic mass is 10.2. The first-order valence-corrected chi connectivity index (χ1v) is 3.89. The molecule has 0 aromatic rings. The van der Waals surface area contributed by atoms with Crippen molar-refractivity contribution in [2.75, 3.05) is 0 Å². The van der Waals surface area contributed by atoms with Gasteiger partial charge in [0.25, 0.3) is 5.00 Å². The Morgan fingerprint density at radius 3 is 1.62 bits per heavy atom. The largest absolute Gasteiger partial charge is 0.371 e. The van der Waals surface area contributed by atoms with E-state index < -0.39 is 28.1 Å². The molecule has 0 aliphatic carbocycles. The van der Waals surface area contributed by atoms with Crippen molar-refractivity contribution in [2.24, 2.45) is 5.73 Å². The van der Waals surface area contributed by atoms with E-state index >= 15 is 0 Å². The van der Waals surface area contributed by atoms with E-state index in [1.165, 1.54) is 0 Å². The highest BCUT2D eigenvalue weighted by atomic mass is 32.2. The number of hydrogen-bond donors (Lipinski definition) is 2. The van der Waals surface area contributed by atoms with Gasteiger partial charge >= 0.3 is 12.0 Å². The average molecular weight is 227 g/mol. The molecule has 2 atom stereocenters. The zero-order valence-corrected chi connectivity index (χ0v) is 7.05. The summed E-state index contributed by atoms with van der Waals surface area (Å²) in [5.74, 6) is -5.42. The molecule has 0 aliphatic heterocycles. The summed E-state index contributed by atoms with van der Waals surface area (Å²) < 4.78 is 79.1. The van der Waals surface area contributed by atoms with E-state index in [0.29, 0.717) is 0 Å². The van der Waals surface area contributed by atoms with Gasteiger partial charge in [-0.05, 0) is 6.92 Å². The Morgan fingerprint density at radius 1 is 1.23 bits per heavy atom. The van der Waals surface area contributed by atoms with Gasteiger partial charge in [0.15, 0.2) is 11.1 Å². The third-order valence-electron chi connectivity index (χ3n) is 1.31. The maximum atomic E-state index is 12.6. The minimum atomic E-state index is -5.42. The van der Waals surface area contributed by atoms with Gasteiger partial charge in [0.1, 0.15) is 0 Å². The predicted molar refractivity (Wildman–Crippen MR) is 34.4 cm³/mol. The smallest absolute Gasteiger partial charge is 0.303 e. The molecule has 0 spiro atoms. The van der Waals surface area contributed by atoms with Gasteiger partial charge in [0.2, 0.25) is 0 Å². The average Bonchev–Trinajstić information content (AvgIpc) is 1.84. The van der Waals surface area contributed by atoms with Crippen LogP contribution in [0.2, 0.25) is 0 Å². The highest BCUT2D eigenvalue weighted by Crippen LogP contribution is 2.42. The third kappa shape index (κ3) is 1.97. The van der Waals surface area contributed by atoms with Crippen molar-refractivity contribution in [3.05, 3.63) is 0 Å². The Morgan fingerprint density at radius 2 is 1.54 bits per heavy atom. The normalized spacial score (nSPS) is 20.9. The highest BCUT2D eigenvalue weighted by molar-refractivity contribution is 7.80. The van der Waals surface area contributed by atoms with Crippen molar-refractivity contribution in [1.82, 2.24) is 0 Å². The number of nitrogens with two attached hydrogens (primary N) is 1. The molecule has 9 heteroatoms. The van der Waals surface area contributed by atoms with Gasteiger partial charge in [-0.3, -0.25) is 5.73 Å². The number of hydrogen-bond acceptors (Lipinski definition) is 2. The first-order valence-electron chi connectivity index (χ1n) is 2.79. The SMILES string of the molecule is CC(F)(S(=O)O)C(F)(F)C(N)(F)F. The lowest BCUT2D eigenvalue weighted by Crippen LogP contribution is -2.60. The van der Waals surface area contributed by atoms with Crippen molar-refractivity contribution in [3.8, 4) is 0 Å². The van der Waals surface area contributed by atoms with E-state index in [4.69, 9.17) is 4.55 Å². The summed E-state index contributed by atoms with van der Waals surface area (Å²) in [6.45, 7) is -0.135. The fourth-order valence-electron chi connectivity index (χ4n) is 0.407. The molecule has 0 aliphatic rings. The second kappa shape index (κ2) is 3.14. The van der Waals surface area contributed by atoms with Gasteiger partial charge in [-0.1, -0.05) is 0 Å². The monoisotopic (exact) mass is 227 g/mol. The lowest BCUT2D eigenvalue weighted by Gasteiger charge is -2.30. The summed E-state index contributed by atoms with van der Waals surface area (Å²) >= 11 is -3.77. The first-order chi connectivity index (χ1) is 5.44. The van der Waals surface area contributed by atoms with Crippen LogP contribution >= 0.6 is 0 Å². The molecular weight excluding hydrogens is 221 g/mol. The third-order valence-corrected chi connectivity index (χ3v) is 2.22. The Balaban J connectivity index is 5.16. The van der Waals surface area contributed by atoms with Crippen molar-refractivity contribution < 1.29 is 30.7 Å². The Hall–Kier alpha value is -0.280. The van der Waals surface area contributed by atoms with Gasteiger partial charge in [-0.25, -0.2) is 8.60 Å². The standard InChI is InChI=1S/C4H6F5NO2S/c1-2(5,13(11)12)3(6,7)4(8,9)10/h10H2,1H3,(H,11,12). The van der Waals surface area contributed by atoms with Crippen molar-refractivity contribution >= 4 is 11.1 Å². The van der Waals surface area contributed by atoms with Crippen LogP contribution in [-0.4, -0.2) is 25.7 Å². The van der Waals surface area contributed by atoms with Crippen LogP contribution in [0.1, 0.15) is 6.92 Å². The summed E-state index contributed by atoms with van der Waals surface area (Å²) in [6.07, 6.45) is 0. The molecule has 0 aromatic carbocycles. The zero-order valence-electron chi connectivity index (χ0n) is 6.23. The van der Waals surface area contributed by atoms with Crippen LogP contribution in [0, 0.1) is 0 Å². The maximum Gasteiger partial charge on any atom is 0.371 e. The fourth-order valence-corrected chi connectivity index (χ4v) is 0.763. The second-order valence-corrected chi connectivity index (χ2v) is 3.63. The predicted octanol–water partition coefficient (Wildman–Crippen LogP) is 1.08. The van der Waals surface area contributed by atoms with E-state index in [2.05, 4.69) is 5.73 Å². The number of rotatable bonds is 3. The number of halogens is 5. The van der Waals surface area contributed by atoms with Crippen LogP contribution < -0.4 is 5.73 Å². The van der Waals surface area contributed by atoms with Crippen LogP contribution in [0.5, 0.6) is 0 Å². The van der Waals surface area contributed by atoms with Crippen LogP contribution in [0.25, 0.3) is 0 Å². The topological polar surface area (TPSA) is 63.3 Å². The highest BCUT2D eigenvalue weighted by Gasteiger charge is 2.69. The Bertz CT molecular complexity index is 225. The molecule has 0 radical (unpaired) electrons. The van der Waals surface area contributed by atoms with E-state index in [0.717, 1.165) is 0 Å². The Labute approximate surface area is 72.4 Å². The van der Waals surface area contributed by atoms with Crippen molar-refractivity contribution in [2.45, 2.75) is 23.9 Å². The van der Waals surface area contributed by atoms with Crippen molar-refractivity contribution in [3.63, 3.8) is 0 Å². The van der Waals surface area contributed by atoms with Crippen molar-refractivity contribution in [1.29, 1.82) is 0 Å². The fraction of sp³-hybridized carbons (Fsp3) is 1.00.